The maximum atomic E-state index is 12.4. The number of hydrogen-bond donors (Lipinski definition) is 2. The second kappa shape index (κ2) is 7.79. The van der Waals surface area contributed by atoms with E-state index < -0.39 is 0 Å². The van der Waals surface area contributed by atoms with E-state index in [-0.39, 0.29) is 11.0 Å². The van der Waals surface area contributed by atoms with Crippen LogP contribution in [0.3, 0.4) is 0 Å². The summed E-state index contributed by atoms with van der Waals surface area (Å²) in [5, 5.41) is 5.94. The van der Waals surface area contributed by atoms with Gasteiger partial charge in [-0.05, 0) is 55.4 Å². The Morgan fingerprint density at radius 3 is 2.50 bits per heavy atom. The van der Waals surface area contributed by atoms with Crippen LogP contribution >= 0.6 is 12.2 Å². The Hall–Kier alpha value is -2.60. The van der Waals surface area contributed by atoms with Crippen LogP contribution < -0.4 is 20.1 Å². The predicted octanol–water partition coefficient (Wildman–Crippen LogP) is 3.45. The summed E-state index contributed by atoms with van der Waals surface area (Å²) in [6, 6.07) is 10.8. The number of methoxy groups -OCH3 is 2. The lowest BCUT2D eigenvalue weighted by Gasteiger charge is -2.14. The van der Waals surface area contributed by atoms with Crippen molar-refractivity contribution in [1.29, 1.82) is 0 Å². The number of amides is 1. The molecule has 0 radical (unpaired) electrons. The summed E-state index contributed by atoms with van der Waals surface area (Å²) >= 11 is 5.23. The first-order chi connectivity index (χ1) is 11.5. The van der Waals surface area contributed by atoms with E-state index in [1.165, 1.54) is 7.11 Å². The number of thiocarbonyl (C=S) groups is 1. The molecule has 0 saturated heterocycles. The molecule has 2 aromatic rings. The Balaban J connectivity index is 2.12. The van der Waals surface area contributed by atoms with Crippen LogP contribution in [0.5, 0.6) is 11.5 Å². The SMILES string of the molecule is COc1ccc(C(=O)NC(=S)Nc2cccc(C)c2C)c(OC)c1. The van der Waals surface area contributed by atoms with Crippen LogP contribution in [0.1, 0.15) is 21.5 Å². The van der Waals surface area contributed by atoms with Crippen LogP contribution in [-0.4, -0.2) is 25.2 Å². The Bertz CT molecular complexity index is 775. The number of carbonyl (C=O) groups excluding carboxylic acids is 1. The van der Waals surface area contributed by atoms with Crippen LogP contribution in [0.15, 0.2) is 36.4 Å². The van der Waals surface area contributed by atoms with Gasteiger partial charge in [-0.3, -0.25) is 10.1 Å². The summed E-state index contributed by atoms with van der Waals surface area (Å²) in [6.07, 6.45) is 0. The first-order valence-electron chi connectivity index (χ1n) is 7.37. The molecular weight excluding hydrogens is 324 g/mol. The second-order valence-electron chi connectivity index (χ2n) is 5.22. The molecular formula is C18H20N2O3S. The number of carbonyl (C=O) groups is 1. The van der Waals surface area contributed by atoms with E-state index >= 15 is 0 Å². The molecule has 0 aliphatic heterocycles. The normalized spacial score (nSPS) is 10.0. The van der Waals surface area contributed by atoms with Gasteiger partial charge in [0.2, 0.25) is 0 Å². The van der Waals surface area contributed by atoms with Gasteiger partial charge in [0.15, 0.2) is 5.11 Å². The molecule has 2 N–H and O–H groups in total. The largest absolute Gasteiger partial charge is 0.497 e. The van der Waals surface area contributed by atoms with E-state index in [0.29, 0.717) is 17.1 Å². The number of nitrogens with one attached hydrogen (secondary N) is 2. The molecule has 5 nitrogen and oxygen atoms in total. The van der Waals surface area contributed by atoms with Crippen molar-refractivity contribution in [3.05, 3.63) is 53.1 Å². The molecule has 2 aromatic carbocycles. The highest BCUT2D eigenvalue weighted by molar-refractivity contribution is 7.80. The Morgan fingerprint density at radius 2 is 1.83 bits per heavy atom. The number of rotatable bonds is 4. The molecule has 0 fully saturated rings. The second-order valence-corrected chi connectivity index (χ2v) is 5.63. The van der Waals surface area contributed by atoms with Gasteiger partial charge in [0.25, 0.3) is 5.91 Å². The van der Waals surface area contributed by atoms with Crippen LogP contribution in [0.25, 0.3) is 0 Å². The number of benzene rings is 2. The third kappa shape index (κ3) is 4.02. The Labute approximate surface area is 147 Å². The zero-order valence-electron chi connectivity index (χ0n) is 14.1. The van der Waals surface area contributed by atoms with Gasteiger partial charge in [-0.2, -0.15) is 0 Å². The highest BCUT2D eigenvalue weighted by atomic mass is 32.1. The van der Waals surface area contributed by atoms with Gasteiger partial charge < -0.3 is 14.8 Å². The average Bonchev–Trinajstić information content (AvgIpc) is 2.58. The molecule has 0 aliphatic carbocycles. The highest BCUT2D eigenvalue weighted by Crippen LogP contribution is 2.24. The van der Waals surface area contributed by atoms with Gasteiger partial charge in [-0.1, -0.05) is 12.1 Å². The molecule has 0 unspecified atom stereocenters. The lowest BCUT2D eigenvalue weighted by atomic mass is 10.1. The lowest BCUT2D eigenvalue weighted by Crippen LogP contribution is -2.34. The van der Waals surface area contributed by atoms with E-state index in [9.17, 15) is 4.79 Å². The van der Waals surface area contributed by atoms with Crippen molar-refractivity contribution in [3.8, 4) is 11.5 Å². The molecule has 24 heavy (non-hydrogen) atoms. The molecule has 0 aromatic heterocycles. The van der Waals surface area contributed by atoms with E-state index in [4.69, 9.17) is 21.7 Å². The predicted molar refractivity (Wildman–Crippen MR) is 99.1 cm³/mol. The van der Waals surface area contributed by atoms with Gasteiger partial charge in [0, 0.05) is 11.8 Å². The minimum atomic E-state index is -0.350. The van der Waals surface area contributed by atoms with Gasteiger partial charge in [-0.25, -0.2) is 0 Å². The van der Waals surface area contributed by atoms with Gasteiger partial charge >= 0.3 is 0 Å². The van der Waals surface area contributed by atoms with Crippen molar-refractivity contribution in [2.24, 2.45) is 0 Å². The molecule has 1 amide bonds. The fourth-order valence-electron chi connectivity index (χ4n) is 2.20. The molecule has 0 heterocycles. The topological polar surface area (TPSA) is 59.6 Å². The summed E-state index contributed by atoms with van der Waals surface area (Å²) in [7, 11) is 3.05. The van der Waals surface area contributed by atoms with E-state index in [2.05, 4.69) is 10.6 Å². The first kappa shape index (κ1) is 17.7. The van der Waals surface area contributed by atoms with Gasteiger partial charge in [0.1, 0.15) is 11.5 Å². The van der Waals surface area contributed by atoms with Gasteiger partial charge in [0.05, 0.1) is 19.8 Å². The van der Waals surface area contributed by atoms with E-state index in [1.54, 1.807) is 25.3 Å². The summed E-state index contributed by atoms with van der Waals surface area (Å²) in [5.74, 6) is 0.679. The quantitative estimate of drug-likeness (QED) is 0.832. The molecule has 0 atom stereocenters. The third-order valence-electron chi connectivity index (χ3n) is 3.73. The van der Waals surface area contributed by atoms with Crippen molar-refractivity contribution < 1.29 is 14.3 Å². The zero-order valence-corrected chi connectivity index (χ0v) is 14.9. The summed E-state index contributed by atoms with van der Waals surface area (Å²) in [4.78, 5) is 12.4. The van der Waals surface area contributed by atoms with Crippen LogP contribution in [0.4, 0.5) is 5.69 Å². The highest BCUT2D eigenvalue weighted by Gasteiger charge is 2.15. The fourth-order valence-corrected chi connectivity index (χ4v) is 2.40. The van der Waals surface area contributed by atoms with Crippen molar-refractivity contribution in [2.75, 3.05) is 19.5 Å². The molecule has 0 aliphatic rings. The monoisotopic (exact) mass is 344 g/mol. The summed E-state index contributed by atoms with van der Waals surface area (Å²) in [6.45, 7) is 4.01. The molecule has 0 saturated carbocycles. The van der Waals surface area contributed by atoms with Crippen molar-refractivity contribution in [3.63, 3.8) is 0 Å². The van der Waals surface area contributed by atoms with Crippen molar-refractivity contribution in [1.82, 2.24) is 5.32 Å². The summed E-state index contributed by atoms with van der Waals surface area (Å²) < 4.78 is 10.4. The van der Waals surface area contributed by atoms with Crippen LogP contribution in [-0.2, 0) is 0 Å². The number of anilines is 1. The van der Waals surface area contributed by atoms with Crippen LogP contribution in [0.2, 0.25) is 0 Å². The standard InChI is InChI=1S/C18H20N2O3S/c1-11-6-5-7-15(12(11)2)19-18(24)20-17(21)14-9-8-13(22-3)10-16(14)23-4/h5-10H,1-4H3,(H2,19,20,21,24). The van der Waals surface area contributed by atoms with Gasteiger partial charge in [-0.15, -0.1) is 0 Å². The van der Waals surface area contributed by atoms with Crippen LogP contribution in [0, 0.1) is 13.8 Å². The average molecular weight is 344 g/mol. The fraction of sp³-hybridized carbons (Fsp3) is 0.222. The number of ether oxygens (including phenoxy) is 2. The maximum absolute atomic E-state index is 12.4. The third-order valence-corrected chi connectivity index (χ3v) is 3.94. The lowest BCUT2D eigenvalue weighted by molar-refractivity contribution is 0.0974. The molecule has 2 rings (SSSR count). The molecule has 6 heteroatoms. The maximum Gasteiger partial charge on any atom is 0.261 e. The van der Waals surface area contributed by atoms with E-state index in [0.717, 1.165) is 16.8 Å². The first-order valence-corrected chi connectivity index (χ1v) is 7.77. The smallest absolute Gasteiger partial charge is 0.261 e. The molecule has 0 bridgehead atoms. The molecule has 126 valence electrons. The zero-order chi connectivity index (χ0) is 17.7. The molecule has 0 spiro atoms. The Kier molecular flexibility index (Phi) is 5.76. The van der Waals surface area contributed by atoms with Crippen molar-refractivity contribution in [2.45, 2.75) is 13.8 Å². The number of hydrogen-bond acceptors (Lipinski definition) is 4. The summed E-state index contributed by atoms with van der Waals surface area (Å²) in [5.41, 5.74) is 3.47. The minimum absolute atomic E-state index is 0.228. The number of aryl methyl sites for hydroxylation is 1. The Morgan fingerprint density at radius 1 is 1.08 bits per heavy atom. The minimum Gasteiger partial charge on any atom is -0.497 e. The van der Waals surface area contributed by atoms with Crippen molar-refractivity contribution >= 4 is 28.9 Å². The van der Waals surface area contributed by atoms with E-state index in [1.807, 2.05) is 32.0 Å².